The summed E-state index contributed by atoms with van der Waals surface area (Å²) in [5, 5.41) is 2.54. The molecule has 8 bridgehead atoms. The Morgan fingerprint density at radius 3 is 0.810 bits per heavy atom. The van der Waals surface area contributed by atoms with E-state index in [4.69, 9.17) is 0 Å². The Kier molecular flexibility index (Phi) is 19.5. The molecule has 2 nitrogen and oxygen atoms in total. The lowest BCUT2D eigenvalue weighted by molar-refractivity contribution is -0.0399. The van der Waals surface area contributed by atoms with Gasteiger partial charge >= 0.3 is 0 Å². The quantitative estimate of drug-likeness (QED) is 0.101. The summed E-state index contributed by atoms with van der Waals surface area (Å²) in [6.45, 7) is 4.70. The van der Waals surface area contributed by atoms with Gasteiger partial charge in [-0.3, -0.25) is 0 Å². The van der Waals surface area contributed by atoms with Crippen LogP contribution in [0.3, 0.4) is 0 Å². The smallest absolute Gasteiger partial charge is 0.0462 e. The Labute approximate surface area is 806 Å². The second-order valence-electron chi connectivity index (χ2n) is 41.8. The van der Waals surface area contributed by atoms with Gasteiger partial charge in [-0.2, -0.15) is 0 Å². The zero-order chi connectivity index (χ0) is 90.6. The van der Waals surface area contributed by atoms with E-state index in [-0.39, 0.29) is 16.2 Å². The number of hydrogen-bond donors (Lipinski definition) is 0. The molecule has 0 radical (unpaired) electrons. The highest BCUT2D eigenvalue weighted by atomic mass is 15.1. The predicted octanol–water partition coefficient (Wildman–Crippen LogP) is 36.2. The van der Waals surface area contributed by atoms with Gasteiger partial charge in [0.15, 0.2) is 0 Å². The van der Waals surface area contributed by atoms with Crippen molar-refractivity contribution in [3.63, 3.8) is 0 Å². The molecule has 137 heavy (non-hydrogen) atoms. The van der Waals surface area contributed by atoms with Gasteiger partial charge < -0.3 is 9.80 Å². The van der Waals surface area contributed by atoms with E-state index in [2.05, 4.69) is 473 Å². The highest BCUT2D eigenvalue weighted by Gasteiger charge is 2.63. The van der Waals surface area contributed by atoms with Crippen molar-refractivity contribution < 1.29 is 0 Å². The van der Waals surface area contributed by atoms with Gasteiger partial charge in [-0.1, -0.05) is 360 Å². The lowest BCUT2D eigenvalue weighted by Gasteiger charge is -2.61. The van der Waals surface area contributed by atoms with Crippen LogP contribution in [0, 0.1) is 47.3 Å². The summed E-state index contributed by atoms with van der Waals surface area (Å²) < 4.78 is 0. The second-order valence-corrected chi connectivity index (χ2v) is 41.8. The molecular formula is C135H108N2. The fraction of sp³-hybridized carbons (Fsp3) is 0.170. The zero-order valence-corrected chi connectivity index (χ0v) is 77.8. The molecule has 0 amide bonds. The highest BCUT2D eigenvalue weighted by Crippen LogP contribution is 2.72. The van der Waals surface area contributed by atoms with Crippen LogP contribution in [-0.4, -0.2) is 0 Å². The van der Waals surface area contributed by atoms with Crippen LogP contribution in [0.5, 0.6) is 0 Å². The third kappa shape index (κ3) is 13.5. The molecule has 0 unspecified atom stereocenters. The summed E-state index contributed by atoms with van der Waals surface area (Å²) >= 11 is 0. The van der Waals surface area contributed by atoms with Gasteiger partial charge in [0.1, 0.15) is 0 Å². The Hall–Kier alpha value is -15.0. The molecule has 0 heterocycles. The van der Waals surface area contributed by atoms with Crippen LogP contribution < -0.4 is 9.80 Å². The molecule has 658 valence electrons. The molecule has 2 heteroatoms. The van der Waals surface area contributed by atoms with E-state index in [1.807, 2.05) is 0 Å². The number of hydrogen-bond acceptors (Lipinski definition) is 2. The maximum absolute atomic E-state index is 2.56. The molecule has 8 fully saturated rings. The summed E-state index contributed by atoms with van der Waals surface area (Å²) in [6.07, 6.45) is 14.2. The molecular weight excluding hydrogens is 1650 g/mol. The summed E-state index contributed by atoms with van der Waals surface area (Å²) in [6, 6.07) is 168. The van der Waals surface area contributed by atoms with E-state index >= 15 is 0 Å². The minimum absolute atomic E-state index is 0.00535. The van der Waals surface area contributed by atoms with Crippen LogP contribution in [0.25, 0.3) is 144 Å². The van der Waals surface area contributed by atoms with Crippen molar-refractivity contribution in [2.45, 2.75) is 94.3 Å². The Balaban J connectivity index is 0.000000139. The van der Waals surface area contributed by atoms with Gasteiger partial charge in [-0.25, -0.2) is 0 Å². The fourth-order valence-corrected chi connectivity index (χ4v) is 28.7. The van der Waals surface area contributed by atoms with Crippen LogP contribution in [0.2, 0.25) is 0 Å². The molecule has 0 saturated heterocycles. The highest BCUT2D eigenvalue weighted by molar-refractivity contribution is 6.02. The Morgan fingerprint density at radius 2 is 0.409 bits per heavy atom. The standard InChI is InChI=1S/C68H53N.C67H55N/c1-3-11-47(12-4-1)49-19-21-50(22-20-49)52-25-32-60(33-26-52)69(59-30-23-51(24-31-59)48-13-5-2-6-14-48)61-34-27-53(28-35-61)64-44-56(42-55-15-7-8-16-62(55)64)54-29-36-67-65(43-54)63-17-9-10-18-66(63)68(67)57-38-45-37-46(40-57)41-58(68)39-45;1-66(2)62-18-10-8-16-58(62)60-41-49(26-34-63(60)66)47-22-30-54(31-23-47)68(53-28-20-46(21-29-53)45-12-4-3-5-13-45)55-32-24-48(25-33-55)56-14-6-7-15-57(56)50-27-35-65-61(42-50)59-17-9-11-19-64(59)67(65)51-37-43-36-44(39-51)40-52(67)38-43/h1-36,42-46,57-58H,37-41H2;3-35,41-44,51-52H,36-40H2,1-2H3. The molecule has 0 atom stereocenters. The molecule has 0 aromatic heterocycles. The summed E-state index contributed by atoms with van der Waals surface area (Å²) in [5.74, 6) is 6.84. The Morgan fingerprint density at radius 1 is 0.168 bits per heavy atom. The van der Waals surface area contributed by atoms with Crippen molar-refractivity contribution in [1.82, 2.24) is 0 Å². The van der Waals surface area contributed by atoms with Crippen molar-refractivity contribution in [2.75, 3.05) is 9.80 Å². The lowest BCUT2D eigenvalue weighted by Crippen LogP contribution is -2.55. The minimum Gasteiger partial charge on any atom is -0.311 e. The number of benzene rings is 19. The van der Waals surface area contributed by atoms with E-state index in [0.717, 1.165) is 81.5 Å². The number of anilines is 6. The minimum atomic E-state index is -0.00535. The number of fused-ring (bicyclic) bond motifs is 10. The first kappa shape index (κ1) is 81.6. The first-order valence-corrected chi connectivity index (χ1v) is 50.4. The third-order valence-electron chi connectivity index (χ3n) is 34.4. The van der Waals surface area contributed by atoms with Gasteiger partial charge in [0.05, 0.1) is 0 Å². The Bertz CT molecular complexity index is 7810. The van der Waals surface area contributed by atoms with E-state index in [9.17, 15) is 0 Å². The molecule has 11 aliphatic carbocycles. The monoisotopic (exact) mass is 1760 g/mol. The van der Waals surface area contributed by atoms with Gasteiger partial charge in [0.2, 0.25) is 0 Å². The van der Waals surface area contributed by atoms with Crippen LogP contribution in [0.1, 0.15) is 111 Å². The summed E-state index contributed by atoms with van der Waals surface area (Å²) in [5.41, 5.74) is 47.2. The zero-order valence-electron chi connectivity index (χ0n) is 77.8. The average molecular weight is 1760 g/mol. The van der Waals surface area contributed by atoms with Crippen LogP contribution in [0.15, 0.2) is 449 Å². The van der Waals surface area contributed by atoms with Crippen LogP contribution in [0.4, 0.5) is 34.1 Å². The van der Waals surface area contributed by atoms with Crippen molar-refractivity contribution in [3.05, 3.63) is 482 Å². The van der Waals surface area contributed by atoms with Crippen molar-refractivity contribution in [2.24, 2.45) is 47.3 Å². The van der Waals surface area contributed by atoms with E-state index < -0.39 is 0 Å². The number of rotatable bonds is 15. The predicted molar refractivity (Wildman–Crippen MR) is 573 cm³/mol. The van der Waals surface area contributed by atoms with Gasteiger partial charge in [-0.15, -0.1) is 0 Å². The molecule has 19 aromatic rings. The van der Waals surface area contributed by atoms with Crippen molar-refractivity contribution in [1.29, 1.82) is 0 Å². The summed E-state index contributed by atoms with van der Waals surface area (Å²) in [4.78, 5) is 4.78. The first-order valence-electron chi connectivity index (χ1n) is 50.4. The van der Waals surface area contributed by atoms with E-state index in [1.165, 1.54) is 220 Å². The van der Waals surface area contributed by atoms with Crippen LogP contribution >= 0.6 is 0 Å². The average Bonchev–Trinajstić information content (AvgIpc) is 1.53. The van der Waals surface area contributed by atoms with E-state index in [1.54, 1.807) is 22.3 Å². The molecule has 0 aliphatic heterocycles. The first-order chi connectivity index (χ1) is 67.5. The molecule has 30 rings (SSSR count). The molecule has 19 aromatic carbocycles. The normalized spacial score (nSPS) is 21.2. The van der Waals surface area contributed by atoms with Gasteiger partial charge in [0.25, 0.3) is 0 Å². The fourth-order valence-electron chi connectivity index (χ4n) is 28.7. The third-order valence-corrected chi connectivity index (χ3v) is 34.4. The number of nitrogens with zero attached hydrogens (tertiary/aromatic N) is 2. The molecule has 0 N–H and O–H groups in total. The topological polar surface area (TPSA) is 6.48 Å². The van der Waals surface area contributed by atoms with E-state index in [0.29, 0.717) is 0 Å². The largest absolute Gasteiger partial charge is 0.311 e. The maximum Gasteiger partial charge on any atom is 0.0462 e. The molecule has 2 spiro atoms. The maximum atomic E-state index is 2.56. The SMILES string of the molecule is CC1(C)c2ccccc2-c2cc(-c3ccc(N(c4ccc(-c5ccccc5)cc4)c4ccc(-c5ccccc5-c5ccc6c(c5)-c5ccccc5C65C6CC7CC(C6)CC5C7)cc4)cc3)ccc21.c1ccc(-c2ccc(-c3ccc(N(c4ccc(-c5ccccc5)cc4)c4ccc(-c5cc(-c6ccc7c(c6)-c6ccccc6C76C7CC8CC(C7)CC6C8)cc6ccccc56)cc4)cc3)cc2)cc1. The lowest BCUT2D eigenvalue weighted by atomic mass is 9.43. The van der Waals surface area contributed by atoms with Crippen molar-refractivity contribution in [3.8, 4) is 134 Å². The van der Waals surface area contributed by atoms with Crippen LogP contribution in [-0.2, 0) is 16.2 Å². The summed E-state index contributed by atoms with van der Waals surface area (Å²) in [7, 11) is 0. The van der Waals surface area contributed by atoms with Gasteiger partial charge in [0, 0.05) is 50.4 Å². The molecule has 8 saturated carbocycles. The second kappa shape index (κ2) is 32.7. The van der Waals surface area contributed by atoms with Crippen molar-refractivity contribution >= 4 is 44.9 Å². The van der Waals surface area contributed by atoms with Gasteiger partial charge in [-0.05, 0) is 392 Å². The molecule has 11 aliphatic rings.